The van der Waals surface area contributed by atoms with Gasteiger partial charge in [0.05, 0.1) is 17.6 Å². The van der Waals surface area contributed by atoms with E-state index >= 15 is 0 Å². The molecule has 10 heteroatoms. The van der Waals surface area contributed by atoms with E-state index in [9.17, 15) is 14.0 Å². The van der Waals surface area contributed by atoms with Gasteiger partial charge in [0.1, 0.15) is 28.5 Å². The third kappa shape index (κ3) is 3.77. The van der Waals surface area contributed by atoms with Crippen LogP contribution in [0.2, 0.25) is 0 Å². The lowest BCUT2D eigenvalue weighted by Gasteiger charge is -2.09. The first-order valence-corrected chi connectivity index (χ1v) is 10.3. The minimum Gasteiger partial charge on any atom is -0.364 e. The van der Waals surface area contributed by atoms with E-state index in [1.807, 2.05) is 19.1 Å². The number of carbonyl (C=O) groups excluding carboxylic acids is 2. The minimum atomic E-state index is -0.624. The van der Waals surface area contributed by atoms with Crippen LogP contribution in [0, 0.1) is 12.7 Å². The van der Waals surface area contributed by atoms with Gasteiger partial charge in [0.2, 0.25) is 0 Å². The number of carbonyl (C=O) groups is 2. The molecule has 0 aliphatic rings. The highest BCUT2D eigenvalue weighted by molar-refractivity contribution is 6.03. The number of para-hydroxylation sites is 1. The Morgan fingerprint density at radius 1 is 1.00 bits per heavy atom. The standard InChI is InChI=1S/C24H18FN7O2/c1-14-5-4-8-18(28-14)23-29-19(24(34)30-17-7-3-2-6-16(17)25)13-31(23)15-9-10-21-27-11-20(22(26)33)32(21)12-15/h2-13H,1H3,(H2,26,33)(H,30,34). The number of pyridine rings is 2. The van der Waals surface area contributed by atoms with Gasteiger partial charge in [-0.2, -0.15) is 0 Å². The van der Waals surface area contributed by atoms with Gasteiger partial charge >= 0.3 is 0 Å². The first-order valence-electron chi connectivity index (χ1n) is 10.3. The molecule has 0 atom stereocenters. The van der Waals surface area contributed by atoms with E-state index < -0.39 is 17.6 Å². The van der Waals surface area contributed by atoms with E-state index in [-0.39, 0.29) is 17.1 Å². The van der Waals surface area contributed by atoms with Gasteiger partial charge < -0.3 is 11.1 Å². The molecule has 4 aromatic heterocycles. The molecule has 0 aliphatic carbocycles. The topological polar surface area (TPSA) is 120 Å². The van der Waals surface area contributed by atoms with Crippen molar-refractivity contribution in [2.24, 2.45) is 5.73 Å². The SMILES string of the molecule is Cc1cccc(-c2nc(C(=O)Nc3ccccc3F)cn2-c2ccc3ncc(C(N)=O)n3c2)n1. The molecular formula is C24H18FN7O2. The van der Waals surface area contributed by atoms with Crippen molar-refractivity contribution in [3.63, 3.8) is 0 Å². The molecule has 4 heterocycles. The van der Waals surface area contributed by atoms with Crippen LogP contribution in [0.5, 0.6) is 0 Å². The summed E-state index contributed by atoms with van der Waals surface area (Å²) in [5.74, 6) is -1.37. The molecule has 2 amide bonds. The number of fused-ring (bicyclic) bond motifs is 1. The number of nitrogens with two attached hydrogens (primary N) is 1. The van der Waals surface area contributed by atoms with Crippen LogP contribution in [0.25, 0.3) is 22.9 Å². The second-order valence-electron chi connectivity index (χ2n) is 7.54. The van der Waals surface area contributed by atoms with Gasteiger partial charge in [-0.15, -0.1) is 0 Å². The zero-order valence-corrected chi connectivity index (χ0v) is 17.9. The second kappa shape index (κ2) is 8.24. The maximum Gasteiger partial charge on any atom is 0.275 e. The molecule has 0 saturated carbocycles. The number of imidazole rings is 2. The summed E-state index contributed by atoms with van der Waals surface area (Å²) in [7, 11) is 0. The molecule has 0 spiro atoms. The van der Waals surface area contributed by atoms with Crippen molar-refractivity contribution in [2.75, 3.05) is 5.32 Å². The zero-order valence-electron chi connectivity index (χ0n) is 17.9. The number of hydrogen-bond acceptors (Lipinski definition) is 5. The van der Waals surface area contributed by atoms with Crippen LogP contribution in [0.1, 0.15) is 26.7 Å². The predicted molar refractivity (Wildman–Crippen MR) is 123 cm³/mol. The predicted octanol–water partition coefficient (Wildman–Crippen LogP) is 3.38. The number of aromatic nitrogens is 5. The van der Waals surface area contributed by atoms with Gasteiger partial charge in [-0.3, -0.25) is 18.6 Å². The number of nitrogens with one attached hydrogen (secondary N) is 1. The summed E-state index contributed by atoms with van der Waals surface area (Å²) in [6.07, 6.45) is 4.59. The number of hydrogen-bond donors (Lipinski definition) is 2. The van der Waals surface area contributed by atoms with Gasteiger partial charge in [0, 0.05) is 18.1 Å². The van der Waals surface area contributed by atoms with Gasteiger partial charge in [-0.05, 0) is 43.3 Å². The summed E-state index contributed by atoms with van der Waals surface area (Å²) < 4.78 is 17.3. The minimum absolute atomic E-state index is 0.0446. The molecule has 34 heavy (non-hydrogen) atoms. The average molecular weight is 455 g/mol. The smallest absolute Gasteiger partial charge is 0.275 e. The van der Waals surface area contributed by atoms with Crippen molar-refractivity contribution in [1.82, 2.24) is 23.9 Å². The van der Waals surface area contributed by atoms with Crippen LogP contribution in [-0.2, 0) is 0 Å². The molecule has 0 aliphatic heterocycles. The number of amides is 2. The molecular weight excluding hydrogens is 437 g/mol. The number of benzene rings is 1. The Morgan fingerprint density at radius 2 is 1.82 bits per heavy atom. The molecule has 168 valence electrons. The molecule has 9 nitrogen and oxygen atoms in total. The van der Waals surface area contributed by atoms with E-state index in [0.717, 1.165) is 5.69 Å². The second-order valence-corrected chi connectivity index (χ2v) is 7.54. The summed E-state index contributed by atoms with van der Waals surface area (Å²) in [6.45, 7) is 1.85. The molecule has 0 saturated heterocycles. The van der Waals surface area contributed by atoms with Crippen molar-refractivity contribution in [3.8, 4) is 17.2 Å². The summed E-state index contributed by atoms with van der Waals surface area (Å²) >= 11 is 0. The Hall–Kier alpha value is -4.86. The highest BCUT2D eigenvalue weighted by atomic mass is 19.1. The van der Waals surface area contributed by atoms with E-state index in [1.54, 1.807) is 39.4 Å². The average Bonchev–Trinajstić information content (AvgIpc) is 3.45. The Bertz CT molecular complexity index is 1570. The lowest BCUT2D eigenvalue weighted by Crippen LogP contribution is -2.14. The lowest BCUT2D eigenvalue weighted by atomic mass is 10.3. The lowest BCUT2D eigenvalue weighted by molar-refractivity contribution is 0.0992. The van der Waals surface area contributed by atoms with Crippen LogP contribution < -0.4 is 11.1 Å². The summed E-state index contributed by atoms with van der Waals surface area (Å²) in [5.41, 5.74) is 8.20. The van der Waals surface area contributed by atoms with Gasteiger partial charge in [-0.25, -0.2) is 19.3 Å². The largest absolute Gasteiger partial charge is 0.364 e. The number of aryl methyl sites for hydroxylation is 1. The van der Waals surface area contributed by atoms with Crippen molar-refractivity contribution >= 4 is 23.1 Å². The number of rotatable bonds is 5. The molecule has 0 radical (unpaired) electrons. The Kier molecular flexibility index (Phi) is 5.09. The Labute approximate surface area is 192 Å². The number of nitrogens with zero attached hydrogens (tertiary/aromatic N) is 5. The van der Waals surface area contributed by atoms with E-state index in [4.69, 9.17) is 5.73 Å². The van der Waals surface area contributed by atoms with Crippen LogP contribution in [0.3, 0.4) is 0 Å². The fourth-order valence-corrected chi connectivity index (χ4v) is 3.58. The van der Waals surface area contributed by atoms with Crippen LogP contribution >= 0.6 is 0 Å². The third-order valence-corrected chi connectivity index (χ3v) is 5.20. The third-order valence-electron chi connectivity index (χ3n) is 5.20. The first-order chi connectivity index (χ1) is 16.4. The van der Waals surface area contributed by atoms with Gasteiger partial charge in [0.25, 0.3) is 11.8 Å². The van der Waals surface area contributed by atoms with Gasteiger partial charge in [-0.1, -0.05) is 18.2 Å². The summed E-state index contributed by atoms with van der Waals surface area (Å²) in [6, 6.07) is 14.8. The Morgan fingerprint density at radius 3 is 2.59 bits per heavy atom. The van der Waals surface area contributed by atoms with Crippen molar-refractivity contribution in [3.05, 3.63) is 96.1 Å². The van der Waals surface area contributed by atoms with Crippen molar-refractivity contribution < 1.29 is 14.0 Å². The molecule has 3 N–H and O–H groups in total. The molecule has 1 aromatic carbocycles. The normalized spacial score (nSPS) is 11.0. The fraction of sp³-hybridized carbons (Fsp3) is 0.0417. The summed E-state index contributed by atoms with van der Waals surface area (Å²) in [4.78, 5) is 37.9. The molecule has 0 bridgehead atoms. The monoisotopic (exact) mass is 455 g/mol. The van der Waals surface area contributed by atoms with Crippen LogP contribution in [0.15, 0.2) is 73.2 Å². The summed E-state index contributed by atoms with van der Waals surface area (Å²) in [5, 5.41) is 2.54. The highest BCUT2D eigenvalue weighted by Gasteiger charge is 2.20. The van der Waals surface area contributed by atoms with Gasteiger partial charge in [0.15, 0.2) is 5.82 Å². The number of primary amides is 1. The molecule has 5 rings (SSSR count). The highest BCUT2D eigenvalue weighted by Crippen LogP contribution is 2.24. The quantitative estimate of drug-likeness (QED) is 0.421. The first kappa shape index (κ1) is 21.0. The van der Waals surface area contributed by atoms with Crippen molar-refractivity contribution in [1.29, 1.82) is 0 Å². The van der Waals surface area contributed by atoms with Crippen molar-refractivity contribution in [2.45, 2.75) is 6.92 Å². The Balaban J connectivity index is 1.64. The maximum absolute atomic E-state index is 14.0. The molecule has 0 unspecified atom stereocenters. The van der Waals surface area contributed by atoms with E-state index in [1.165, 1.54) is 30.6 Å². The maximum atomic E-state index is 14.0. The zero-order chi connectivity index (χ0) is 23.8. The fourth-order valence-electron chi connectivity index (χ4n) is 3.58. The van der Waals surface area contributed by atoms with E-state index in [2.05, 4.69) is 20.3 Å². The number of anilines is 1. The van der Waals surface area contributed by atoms with Crippen LogP contribution in [-0.4, -0.2) is 35.7 Å². The molecule has 5 aromatic rings. The number of halogens is 1. The molecule has 0 fully saturated rings. The van der Waals surface area contributed by atoms with E-state index in [0.29, 0.717) is 22.9 Å². The van der Waals surface area contributed by atoms with Crippen LogP contribution in [0.4, 0.5) is 10.1 Å².